The first-order valence-electron chi connectivity index (χ1n) is 8.38. The van der Waals surface area contributed by atoms with Gasteiger partial charge in [0.1, 0.15) is 0 Å². The Morgan fingerprint density at radius 2 is 1.77 bits per heavy atom. The van der Waals surface area contributed by atoms with Crippen LogP contribution >= 0.6 is 0 Å². The van der Waals surface area contributed by atoms with Crippen LogP contribution in [0.2, 0.25) is 0 Å². The minimum absolute atomic E-state index is 0.0209. The zero-order valence-electron chi connectivity index (χ0n) is 13.1. The summed E-state index contributed by atoms with van der Waals surface area (Å²) in [5, 5.41) is 6.08. The first-order valence-corrected chi connectivity index (χ1v) is 8.38. The number of hydrogen-bond acceptors (Lipinski definition) is 2. The van der Waals surface area contributed by atoms with Crippen LogP contribution in [0.1, 0.15) is 44.6 Å². The normalized spacial score (nSPS) is 24.0. The molecule has 118 valence electrons. The number of hydrogen-bond donors (Lipinski definition) is 2. The highest BCUT2D eigenvalue weighted by Gasteiger charge is 2.48. The van der Waals surface area contributed by atoms with Crippen LogP contribution in [0.4, 0.5) is 5.69 Å². The molecule has 0 bridgehead atoms. The van der Waals surface area contributed by atoms with Gasteiger partial charge in [-0.25, -0.2) is 0 Å². The van der Waals surface area contributed by atoms with Crippen molar-refractivity contribution in [3.63, 3.8) is 0 Å². The van der Waals surface area contributed by atoms with Crippen LogP contribution in [0.3, 0.4) is 0 Å². The molecule has 2 N–H and O–H groups in total. The van der Waals surface area contributed by atoms with Crippen molar-refractivity contribution in [2.24, 2.45) is 11.8 Å². The van der Waals surface area contributed by atoms with E-state index in [1.807, 2.05) is 24.3 Å². The van der Waals surface area contributed by atoms with Crippen molar-refractivity contribution in [3.8, 4) is 0 Å². The van der Waals surface area contributed by atoms with E-state index >= 15 is 0 Å². The Labute approximate surface area is 131 Å². The van der Waals surface area contributed by atoms with Gasteiger partial charge in [0.2, 0.25) is 11.8 Å². The molecule has 2 atom stereocenters. The number of para-hydroxylation sites is 1. The van der Waals surface area contributed by atoms with Crippen molar-refractivity contribution < 1.29 is 9.59 Å². The molecule has 2 aliphatic rings. The predicted molar refractivity (Wildman–Crippen MR) is 86.4 cm³/mol. The lowest BCUT2D eigenvalue weighted by Gasteiger charge is -2.12. The largest absolute Gasteiger partial charge is 0.353 e. The van der Waals surface area contributed by atoms with E-state index in [0.717, 1.165) is 30.5 Å². The van der Waals surface area contributed by atoms with E-state index < -0.39 is 0 Å². The van der Waals surface area contributed by atoms with Crippen LogP contribution in [0.25, 0.3) is 0 Å². The summed E-state index contributed by atoms with van der Waals surface area (Å²) in [5.74, 6) is -0.246. The minimum Gasteiger partial charge on any atom is -0.353 e. The fourth-order valence-corrected chi connectivity index (χ4v) is 3.33. The lowest BCUT2D eigenvalue weighted by atomic mass is 10.1. The van der Waals surface area contributed by atoms with Gasteiger partial charge in [-0.3, -0.25) is 9.59 Å². The molecule has 22 heavy (non-hydrogen) atoms. The van der Waals surface area contributed by atoms with Gasteiger partial charge in [0.05, 0.1) is 11.8 Å². The Hall–Kier alpha value is -1.84. The Balaban J connectivity index is 1.53. The van der Waals surface area contributed by atoms with Gasteiger partial charge in [0.15, 0.2) is 0 Å². The number of amides is 2. The van der Waals surface area contributed by atoms with E-state index in [1.165, 1.54) is 12.8 Å². The lowest BCUT2D eigenvalue weighted by Crippen LogP contribution is -2.34. The standard InChI is InChI=1S/C18H24N2O2/c1-2-12-7-3-6-10-16(12)20-18(22)15-11-14(15)17(21)19-13-8-4-5-9-13/h3,6-7,10,13-15H,2,4-5,8-9,11H2,1H3,(H,19,21)(H,20,22). The zero-order chi connectivity index (χ0) is 15.5. The highest BCUT2D eigenvalue weighted by Crippen LogP contribution is 2.40. The third-order valence-electron chi connectivity index (χ3n) is 4.82. The second-order valence-corrected chi connectivity index (χ2v) is 6.44. The second kappa shape index (κ2) is 6.51. The molecule has 2 amide bonds. The molecule has 4 heteroatoms. The van der Waals surface area contributed by atoms with Crippen LogP contribution in [0.5, 0.6) is 0 Å². The van der Waals surface area contributed by atoms with Gasteiger partial charge in [-0.05, 0) is 37.3 Å². The summed E-state index contributed by atoms with van der Waals surface area (Å²) in [4.78, 5) is 24.5. The van der Waals surface area contributed by atoms with Crippen molar-refractivity contribution >= 4 is 17.5 Å². The molecule has 0 spiro atoms. The van der Waals surface area contributed by atoms with Gasteiger partial charge in [0, 0.05) is 11.7 Å². The zero-order valence-corrected chi connectivity index (χ0v) is 13.1. The van der Waals surface area contributed by atoms with Crippen molar-refractivity contribution in [1.29, 1.82) is 0 Å². The Kier molecular flexibility index (Phi) is 4.46. The van der Waals surface area contributed by atoms with Gasteiger partial charge >= 0.3 is 0 Å². The summed E-state index contributed by atoms with van der Waals surface area (Å²) < 4.78 is 0. The third kappa shape index (κ3) is 3.32. The number of benzene rings is 1. The number of carbonyl (C=O) groups is 2. The highest BCUT2D eigenvalue weighted by molar-refractivity contribution is 6.00. The van der Waals surface area contributed by atoms with Crippen LogP contribution in [-0.4, -0.2) is 17.9 Å². The first-order chi connectivity index (χ1) is 10.7. The van der Waals surface area contributed by atoms with E-state index in [0.29, 0.717) is 12.5 Å². The van der Waals surface area contributed by atoms with E-state index in [4.69, 9.17) is 0 Å². The fourth-order valence-electron chi connectivity index (χ4n) is 3.33. The predicted octanol–water partition coefficient (Wildman–Crippen LogP) is 2.88. The van der Waals surface area contributed by atoms with Crippen LogP contribution in [0, 0.1) is 11.8 Å². The summed E-state index contributed by atoms with van der Waals surface area (Å²) >= 11 is 0. The number of carbonyl (C=O) groups excluding carboxylic acids is 2. The van der Waals surface area contributed by atoms with E-state index in [2.05, 4.69) is 17.6 Å². The average Bonchev–Trinajstić information content (AvgIpc) is 3.18. The Bertz CT molecular complexity index is 564. The van der Waals surface area contributed by atoms with Crippen molar-refractivity contribution in [2.45, 2.75) is 51.5 Å². The Morgan fingerprint density at radius 3 is 2.50 bits per heavy atom. The molecule has 0 aliphatic heterocycles. The summed E-state index contributed by atoms with van der Waals surface area (Å²) in [6.45, 7) is 2.07. The van der Waals surface area contributed by atoms with Crippen LogP contribution < -0.4 is 10.6 Å². The van der Waals surface area contributed by atoms with Crippen LogP contribution in [-0.2, 0) is 16.0 Å². The van der Waals surface area contributed by atoms with E-state index in [-0.39, 0.29) is 23.7 Å². The molecule has 0 radical (unpaired) electrons. The summed E-state index contributed by atoms with van der Waals surface area (Å²) in [7, 11) is 0. The van der Waals surface area contributed by atoms with Crippen molar-refractivity contribution in [3.05, 3.63) is 29.8 Å². The molecule has 1 aromatic carbocycles. The summed E-state index contributed by atoms with van der Waals surface area (Å²) in [6.07, 6.45) is 6.13. The van der Waals surface area contributed by atoms with Crippen molar-refractivity contribution in [2.75, 3.05) is 5.32 Å². The number of anilines is 1. The molecule has 3 rings (SSSR count). The van der Waals surface area contributed by atoms with Gasteiger partial charge in [-0.15, -0.1) is 0 Å². The molecule has 4 nitrogen and oxygen atoms in total. The highest BCUT2D eigenvalue weighted by atomic mass is 16.2. The monoisotopic (exact) mass is 300 g/mol. The number of rotatable bonds is 5. The summed E-state index contributed by atoms with van der Waals surface area (Å²) in [6, 6.07) is 8.17. The molecule has 0 heterocycles. The fraction of sp³-hybridized carbons (Fsp3) is 0.556. The second-order valence-electron chi connectivity index (χ2n) is 6.44. The molecule has 2 unspecified atom stereocenters. The van der Waals surface area contributed by atoms with Gasteiger partial charge in [0.25, 0.3) is 0 Å². The third-order valence-corrected chi connectivity index (χ3v) is 4.82. The summed E-state index contributed by atoms with van der Waals surface area (Å²) in [5.41, 5.74) is 2.00. The molecule has 2 aliphatic carbocycles. The molecule has 1 aromatic rings. The lowest BCUT2D eigenvalue weighted by molar-refractivity contribution is -0.125. The quantitative estimate of drug-likeness (QED) is 0.878. The molecule has 0 aromatic heterocycles. The van der Waals surface area contributed by atoms with E-state index in [9.17, 15) is 9.59 Å². The van der Waals surface area contributed by atoms with Crippen molar-refractivity contribution in [1.82, 2.24) is 5.32 Å². The SMILES string of the molecule is CCc1ccccc1NC(=O)C1CC1C(=O)NC1CCCC1. The first kappa shape index (κ1) is 15.1. The average molecular weight is 300 g/mol. The van der Waals surface area contributed by atoms with Gasteiger partial charge in [-0.2, -0.15) is 0 Å². The Morgan fingerprint density at radius 1 is 1.09 bits per heavy atom. The smallest absolute Gasteiger partial charge is 0.228 e. The molecule has 0 saturated heterocycles. The van der Waals surface area contributed by atoms with Gasteiger partial charge < -0.3 is 10.6 Å². The maximum atomic E-state index is 12.3. The molecule has 2 saturated carbocycles. The number of nitrogens with one attached hydrogen (secondary N) is 2. The molecular formula is C18H24N2O2. The maximum Gasteiger partial charge on any atom is 0.228 e. The van der Waals surface area contributed by atoms with E-state index in [1.54, 1.807) is 0 Å². The number of aryl methyl sites for hydroxylation is 1. The molecular weight excluding hydrogens is 276 g/mol. The van der Waals surface area contributed by atoms with Gasteiger partial charge in [-0.1, -0.05) is 38.0 Å². The molecule has 2 fully saturated rings. The maximum absolute atomic E-state index is 12.3. The topological polar surface area (TPSA) is 58.2 Å². The minimum atomic E-state index is -0.161. The van der Waals surface area contributed by atoms with Crippen LogP contribution in [0.15, 0.2) is 24.3 Å².